The molecule has 2 rings (SSSR count). The van der Waals surface area contributed by atoms with Crippen molar-refractivity contribution in [3.8, 4) is 0 Å². The topological polar surface area (TPSA) is 67.1 Å². The zero-order chi connectivity index (χ0) is 14.4. The normalized spacial score (nSPS) is 20.2. The number of benzene rings is 1. The van der Waals surface area contributed by atoms with Crippen LogP contribution < -0.4 is 16.4 Å². The van der Waals surface area contributed by atoms with Gasteiger partial charge in [0.2, 0.25) is 0 Å². The summed E-state index contributed by atoms with van der Waals surface area (Å²) >= 11 is 3.90. The molecule has 4 N–H and O–H groups in total. The van der Waals surface area contributed by atoms with E-state index in [1.54, 1.807) is 0 Å². The Balaban J connectivity index is 1.75. The fraction of sp³-hybridized carbons (Fsp3) is 0.500. The molecule has 0 spiro atoms. The zero-order valence-electron chi connectivity index (χ0n) is 11.6. The molecule has 0 radical (unpaired) electrons. The highest BCUT2D eigenvalue weighted by Gasteiger charge is 2.15. The van der Waals surface area contributed by atoms with Gasteiger partial charge < -0.3 is 16.4 Å². The van der Waals surface area contributed by atoms with Crippen molar-refractivity contribution in [2.24, 2.45) is 5.73 Å². The van der Waals surface area contributed by atoms with Crippen molar-refractivity contribution in [3.05, 3.63) is 29.8 Å². The maximum Gasteiger partial charge on any atom is 0.319 e. The van der Waals surface area contributed by atoms with E-state index < -0.39 is 0 Å². The van der Waals surface area contributed by atoms with Crippen LogP contribution in [-0.2, 0) is 0 Å². The van der Waals surface area contributed by atoms with E-state index in [-0.39, 0.29) is 12.1 Å². The van der Waals surface area contributed by atoms with E-state index in [2.05, 4.69) is 10.6 Å². The van der Waals surface area contributed by atoms with Gasteiger partial charge >= 0.3 is 6.03 Å². The van der Waals surface area contributed by atoms with E-state index in [0.29, 0.717) is 5.25 Å². The molecule has 1 aliphatic heterocycles. The molecule has 110 valence electrons. The molecule has 2 unspecified atom stereocenters. The van der Waals surface area contributed by atoms with Crippen molar-refractivity contribution in [3.63, 3.8) is 0 Å². The van der Waals surface area contributed by atoms with Gasteiger partial charge in [-0.25, -0.2) is 4.79 Å². The quantitative estimate of drug-likeness (QED) is 0.800. The molecule has 4 nitrogen and oxygen atoms in total. The summed E-state index contributed by atoms with van der Waals surface area (Å²) in [6.07, 6.45) is 0. The van der Waals surface area contributed by atoms with Gasteiger partial charge in [-0.2, -0.15) is 23.5 Å². The first-order valence-corrected chi connectivity index (χ1v) is 8.95. The van der Waals surface area contributed by atoms with Gasteiger partial charge in [0, 0.05) is 40.8 Å². The third kappa shape index (κ3) is 4.92. The van der Waals surface area contributed by atoms with Crippen LogP contribution in [0.2, 0.25) is 0 Å². The van der Waals surface area contributed by atoms with E-state index in [4.69, 9.17) is 5.73 Å². The number of hydrogen-bond acceptors (Lipinski definition) is 4. The highest BCUT2D eigenvalue weighted by Crippen LogP contribution is 2.23. The molecular formula is C14H21N3OS2. The van der Waals surface area contributed by atoms with Gasteiger partial charge in [0.1, 0.15) is 0 Å². The van der Waals surface area contributed by atoms with Crippen molar-refractivity contribution < 1.29 is 4.79 Å². The molecule has 1 aliphatic rings. The lowest BCUT2D eigenvalue weighted by Gasteiger charge is -2.21. The van der Waals surface area contributed by atoms with Gasteiger partial charge in [0.15, 0.2) is 0 Å². The van der Waals surface area contributed by atoms with Crippen LogP contribution in [0.4, 0.5) is 10.5 Å². The molecule has 6 heteroatoms. The summed E-state index contributed by atoms with van der Waals surface area (Å²) in [4.78, 5) is 11.8. The zero-order valence-corrected chi connectivity index (χ0v) is 13.2. The summed E-state index contributed by atoms with van der Waals surface area (Å²) in [6.45, 7) is 2.66. The third-order valence-electron chi connectivity index (χ3n) is 3.07. The van der Waals surface area contributed by atoms with E-state index in [1.165, 1.54) is 11.5 Å². The molecule has 1 aromatic rings. The Morgan fingerprint density at radius 2 is 2.15 bits per heavy atom. The molecule has 20 heavy (non-hydrogen) atoms. The first-order valence-electron chi connectivity index (χ1n) is 6.75. The number of amides is 2. The Hall–Kier alpha value is -0.850. The van der Waals surface area contributed by atoms with Crippen LogP contribution in [0.5, 0.6) is 0 Å². The van der Waals surface area contributed by atoms with Crippen LogP contribution in [0.25, 0.3) is 0 Å². The lowest BCUT2D eigenvalue weighted by molar-refractivity contribution is 0.252. The molecular weight excluding hydrogens is 290 g/mol. The first kappa shape index (κ1) is 15.5. The predicted molar refractivity (Wildman–Crippen MR) is 89.6 cm³/mol. The molecule has 1 fully saturated rings. The van der Waals surface area contributed by atoms with Crippen LogP contribution in [-0.4, -0.2) is 35.1 Å². The van der Waals surface area contributed by atoms with Gasteiger partial charge in [0.05, 0.1) is 0 Å². The second-order valence-electron chi connectivity index (χ2n) is 4.81. The Labute approximate surface area is 128 Å². The molecule has 0 aromatic heterocycles. The second kappa shape index (κ2) is 7.81. The van der Waals surface area contributed by atoms with Gasteiger partial charge in [-0.05, 0) is 24.6 Å². The van der Waals surface area contributed by atoms with Gasteiger partial charge in [0.25, 0.3) is 0 Å². The number of hydrogen-bond donors (Lipinski definition) is 3. The van der Waals surface area contributed by atoms with Crippen molar-refractivity contribution in [2.75, 3.05) is 29.1 Å². The molecule has 1 saturated heterocycles. The maximum atomic E-state index is 11.8. The molecule has 1 heterocycles. The van der Waals surface area contributed by atoms with E-state index in [9.17, 15) is 4.79 Å². The highest BCUT2D eigenvalue weighted by atomic mass is 32.2. The van der Waals surface area contributed by atoms with Gasteiger partial charge in [-0.1, -0.05) is 12.1 Å². The Bertz CT molecular complexity index is 431. The van der Waals surface area contributed by atoms with Crippen LogP contribution in [0, 0.1) is 0 Å². The van der Waals surface area contributed by atoms with Crippen LogP contribution in [0.3, 0.4) is 0 Å². The van der Waals surface area contributed by atoms with Gasteiger partial charge in [-0.3, -0.25) is 0 Å². The number of thioether (sulfide) groups is 2. The standard InChI is InChI=1S/C14H21N3OS2/c1-10(15)11-2-4-12(5-3-11)17-14(18)16-8-13-9-19-6-7-20-13/h2-5,10,13H,6-9,15H2,1H3,(H2,16,17,18). The minimum atomic E-state index is -0.144. The van der Waals surface area contributed by atoms with Crippen molar-refractivity contribution in [2.45, 2.75) is 18.2 Å². The largest absolute Gasteiger partial charge is 0.337 e. The fourth-order valence-corrected chi connectivity index (χ4v) is 4.52. The molecule has 0 aliphatic carbocycles. The maximum absolute atomic E-state index is 11.8. The third-order valence-corrected chi connectivity index (χ3v) is 5.91. The molecule has 0 saturated carbocycles. The average molecular weight is 311 g/mol. The SMILES string of the molecule is CC(N)c1ccc(NC(=O)NCC2CSCCS2)cc1. The predicted octanol–water partition coefficient (Wildman–Crippen LogP) is 2.68. The van der Waals surface area contributed by atoms with Crippen LogP contribution >= 0.6 is 23.5 Å². The second-order valence-corrected chi connectivity index (χ2v) is 7.37. The number of carbonyl (C=O) groups is 1. The van der Waals surface area contributed by atoms with Crippen LogP contribution in [0.1, 0.15) is 18.5 Å². The summed E-state index contributed by atoms with van der Waals surface area (Å²) in [5, 5.41) is 6.30. The van der Waals surface area contributed by atoms with E-state index in [1.807, 2.05) is 54.7 Å². The summed E-state index contributed by atoms with van der Waals surface area (Å²) in [5.74, 6) is 3.52. The monoisotopic (exact) mass is 311 g/mol. The summed E-state index contributed by atoms with van der Waals surface area (Å²) < 4.78 is 0. The van der Waals surface area contributed by atoms with E-state index in [0.717, 1.165) is 23.5 Å². The lowest BCUT2D eigenvalue weighted by atomic mass is 10.1. The average Bonchev–Trinajstić information content (AvgIpc) is 2.47. The molecule has 2 amide bonds. The number of urea groups is 1. The first-order chi connectivity index (χ1) is 9.65. The van der Waals surface area contributed by atoms with Crippen molar-refractivity contribution in [1.82, 2.24) is 5.32 Å². The van der Waals surface area contributed by atoms with Crippen LogP contribution in [0.15, 0.2) is 24.3 Å². The smallest absolute Gasteiger partial charge is 0.319 e. The minimum Gasteiger partial charge on any atom is -0.337 e. The number of carbonyl (C=O) groups excluding carboxylic acids is 1. The Morgan fingerprint density at radius 3 is 2.75 bits per heavy atom. The lowest BCUT2D eigenvalue weighted by Crippen LogP contribution is -2.36. The minimum absolute atomic E-state index is 0.0127. The number of nitrogens with two attached hydrogens (primary N) is 1. The molecule has 2 atom stereocenters. The fourth-order valence-electron chi connectivity index (χ4n) is 1.91. The van der Waals surface area contributed by atoms with Crippen molar-refractivity contribution in [1.29, 1.82) is 0 Å². The Kier molecular flexibility index (Phi) is 6.06. The number of rotatable bonds is 4. The van der Waals surface area contributed by atoms with E-state index >= 15 is 0 Å². The summed E-state index contributed by atoms with van der Waals surface area (Å²) in [7, 11) is 0. The van der Waals surface area contributed by atoms with Gasteiger partial charge in [-0.15, -0.1) is 0 Å². The van der Waals surface area contributed by atoms with Crippen molar-refractivity contribution >= 4 is 35.2 Å². The number of anilines is 1. The summed E-state index contributed by atoms with van der Waals surface area (Å²) in [6, 6.07) is 7.50. The number of nitrogens with one attached hydrogen (secondary N) is 2. The highest BCUT2D eigenvalue weighted by molar-refractivity contribution is 8.06. The summed E-state index contributed by atoms with van der Waals surface area (Å²) in [5.41, 5.74) is 7.64. The molecule has 0 bridgehead atoms. The Morgan fingerprint density at radius 1 is 1.40 bits per heavy atom. The molecule has 1 aromatic carbocycles.